The highest BCUT2D eigenvalue weighted by atomic mass is 31.2. The van der Waals surface area contributed by atoms with Crippen LogP contribution in [0.5, 0.6) is 5.75 Å². The van der Waals surface area contributed by atoms with Gasteiger partial charge < -0.3 is 19.1 Å². The van der Waals surface area contributed by atoms with Gasteiger partial charge in [-0.2, -0.15) is 13.9 Å². The van der Waals surface area contributed by atoms with Crippen LogP contribution in [0.2, 0.25) is 0 Å². The van der Waals surface area contributed by atoms with Crippen molar-refractivity contribution in [1.82, 2.24) is 14.6 Å². The molecule has 0 saturated carbocycles. The number of H-pyrrole nitrogens is 1. The minimum atomic E-state index is -4.43. The molecule has 5 atom stereocenters. The largest absolute Gasteiger partial charge is 0.462 e. The summed E-state index contributed by atoms with van der Waals surface area (Å²) in [6.07, 6.45) is -6.20. The van der Waals surface area contributed by atoms with E-state index >= 15 is 0 Å². The molecule has 0 unspecified atom stereocenters. The van der Waals surface area contributed by atoms with Gasteiger partial charge in [-0.05, 0) is 32.9 Å². The Bertz CT molecular complexity index is 1220. The van der Waals surface area contributed by atoms with Crippen molar-refractivity contribution >= 4 is 13.7 Å². The Kier molecular flexibility index (Phi) is 8.47. The molecule has 198 valence electrons. The average Bonchev–Trinajstić information content (AvgIpc) is 3.01. The molecule has 1 fully saturated rings. The molecular formula is C21H26F2N3O9P. The molecule has 0 spiro atoms. The molecule has 0 bridgehead atoms. The number of aliphatic hydroxyl groups is 1. The van der Waals surface area contributed by atoms with E-state index in [9.17, 15) is 32.8 Å². The zero-order valence-electron chi connectivity index (χ0n) is 19.5. The van der Waals surface area contributed by atoms with Gasteiger partial charge in [-0.3, -0.25) is 23.7 Å². The van der Waals surface area contributed by atoms with Gasteiger partial charge in [0.25, 0.3) is 5.56 Å². The summed E-state index contributed by atoms with van der Waals surface area (Å²) in [6.45, 7) is 3.69. The summed E-state index contributed by atoms with van der Waals surface area (Å²) in [5, 5.41) is 12.6. The highest BCUT2D eigenvalue weighted by molar-refractivity contribution is 7.52. The number of esters is 1. The number of halogens is 2. The molecule has 2 aromatic rings. The van der Waals surface area contributed by atoms with Crippen LogP contribution in [0.15, 0.2) is 52.2 Å². The monoisotopic (exact) mass is 533 g/mol. The van der Waals surface area contributed by atoms with Crippen LogP contribution < -0.4 is 20.9 Å². The normalized spacial score (nSPS) is 23.7. The van der Waals surface area contributed by atoms with E-state index in [0.717, 1.165) is 12.3 Å². The minimum Gasteiger partial charge on any atom is -0.462 e. The van der Waals surface area contributed by atoms with Gasteiger partial charge in [-0.15, -0.1) is 0 Å². The maximum atomic E-state index is 14.8. The molecule has 12 nitrogen and oxygen atoms in total. The number of hydrogen-bond acceptors (Lipinski definition) is 9. The van der Waals surface area contributed by atoms with Crippen molar-refractivity contribution in [2.45, 2.75) is 57.3 Å². The summed E-state index contributed by atoms with van der Waals surface area (Å²) in [6, 6.07) is 7.36. The lowest BCUT2D eigenvalue weighted by atomic mass is 10.1. The number of para-hydroxylation sites is 1. The fraction of sp³-hybridized carbons (Fsp3) is 0.476. The molecule has 15 heteroatoms. The van der Waals surface area contributed by atoms with Crippen LogP contribution >= 0.6 is 7.75 Å². The van der Waals surface area contributed by atoms with Crippen LogP contribution in [-0.2, 0) is 23.4 Å². The fourth-order valence-corrected chi connectivity index (χ4v) is 4.73. The molecule has 36 heavy (non-hydrogen) atoms. The van der Waals surface area contributed by atoms with Crippen LogP contribution in [0, 0.1) is 0 Å². The highest BCUT2D eigenvalue weighted by Gasteiger charge is 2.60. The number of rotatable bonds is 10. The van der Waals surface area contributed by atoms with Crippen molar-refractivity contribution in [1.29, 1.82) is 0 Å². The number of aromatic amines is 1. The van der Waals surface area contributed by atoms with Crippen molar-refractivity contribution in [3.8, 4) is 5.75 Å². The second kappa shape index (κ2) is 11.0. The van der Waals surface area contributed by atoms with Gasteiger partial charge in [0.1, 0.15) is 17.9 Å². The maximum Gasteiger partial charge on any atom is 0.459 e. The van der Waals surface area contributed by atoms with Crippen molar-refractivity contribution < 1.29 is 41.8 Å². The molecule has 0 amide bonds. The van der Waals surface area contributed by atoms with Crippen LogP contribution in [0.1, 0.15) is 27.0 Å². The van der Waals surface area contributed by atoms with Crippen LogP contribution in [0.25, 0.3) is 0 Å². The van der Waals surface area contributed by atoms with E-state index in [1.807, 2.05) is 4.98 Å². The number of aliphatic hydroxyl groups excluding tert-OH is 1. The Morgan fingerprint density at radius 3 is 2.53 bits per heavy atom. The first-order valence-electron chi connectivity index (χ1n) is 10.8. The molecule has 1 saturated heterocycles. The standard InChI is InChI=1S/C21H26F2N3O9P/c1-12(2)33-18(29)13(3)25-36(31,35-14-7-5-4-6-8-14)32-11-15-17(28)21(22,23)19(34-15)26-10-9-16(27)24-20(26)30/h4-10,12-13,15,17,19,28H,11H2,1-3H3,(H,25,31)(H,24,27,30)/t13-,15+,17+,19+,36-/m0/s1. The lowest BCUT2D eigenvalue weighted by Crippen LogP contribution is -2.43. The first kappa shape index (κ1) is 27.7. The number of nitrogens with zero attached hydrogens (tertiary/aromatic N) is 1. The Labute approximate surface area is 203 Å². The number of benzene rings is 1. The second-order valence-corrected chi connectivity index (χ2v) is 9.89. The van der Waals surface area contributed by atoms with Crippen LogP contribution in [0.4, 0.5) is 8.78 Å². The van der Waals surface area contributed by atoms with Gasteiger partial charge in [-0.25, -0.2) is 9.36 Å². The molecule has 1 aliphatic heterocycles. The predicted octanol–water partition coefficient (Wildman–Crippen LogP) is 1.56. The summed E-state index contributed by atoms with van der Waals surface area (Å²) in [4.78, 5) is 37.2. The number of aromatic nitrogens is 2. The van der Waals surface area contributed by atoms with Crippen molar-refractivity contribution in [3.63, 3.8) is 0 Å². The number of carbonyl (C=O) groups is 1. The van der Waals surface area contributed by atoms with E-state index in [1.54, 1.807) is 32.0 Å². The van der Waals surface area contributed by atoms with Gasteiger partial charge >= 0.3 is 25.3 Å². The van der Waals surface area contributed by atoms with E-state index in [-0.39, 0.29) is 5.75 Å². The molecule has 0 radical (unpaired) electrons. The van der Waals surface area contributed by atoms with Gasteiger partial charge in [0.05, 0.1) is 12.7 Å². The Balaban J connectivity index is 1.80. The number of ether oxygens (including phenoxy) is 2. The average molecular weight is 533 g/mol. The topological polar surface area (TPSA) is 158 Å². The van der Waals surface area contributed by atoms with Gasteiger partial charge in [0.15, 0.2) is 6.10 Å². The Hall–Kier alpha value is -2.90. The first-order valence-corrected chi connectivity index (χ1v) is 12.4. The second-order valence-electron chi connectivity index (χ2n) is 8.20. The highest BCUT2D eigenvalue weighted by Crippen LogP contribution is 2.47. The summed E-state index contributed by atoms with van der Waals surface area (Å²) in [7, 11) is -4.43. The maximum absolute atomic E-state index is 14.8. The summed E-state index contributed by atoms with van der Waals surface area (Å²) >= 11 is 0. The molecular weight excluding hydrogens is 507 g/mol. The van der Waals surface area contributed by atoms with Crippen molar-refractivity contribution in [2.24, 2.45) is 0 Å². The summed E-state index contributed by atoms with van der Waals surface area (Å²) in [5.41, 5.74) is -1.99. The van der Waals surface area contributed by atoms with Gasteiger partial charge in [-0.1, -0.05) is 18.2 Å². The third-order valence-electron chi connectivity index (χ3n) is 4.92. The molecule has 0 aliphatic carbocycles. The quantitative estimate of drug-likeness (QED) is 0.302. The molecule has 1 aromatic heterocycles. The van der Waals surface area contributed by atoms with Crippen LogP contribution in [0.3, 0.4) is 0 Å². The van der Waals surface area contributed by atoms with Crippen molar-refractivity contribution in [3.05, 3.63) is 63.4 Å². The number of nitrogens with one attached hydrogen (secondary N) is 2. The molecule has 2 heterocycles. The molecule has 1 aromatic carbocycles. The van der Waals surface area contributed by atoms with E-state index in [1.165, 1.54) is 19.1 Å². The third-order valence-corrected chi connectivity index (χ3v) is 6.56. The summed E-state index contributed by atoms with van der Waals surface area (Å²) < 4.78 is 64.3. The zero-order chi connectivity index (χ0) is 26.7. The van der Waals surface area contributed by atoms with E-state index < -0.39 is 68.1 Å². The lowest BCUT2D eigenvalue weighted by Gasteiger charge is -2.25. The van der Waals surface area contributed by atoms with E-state index in [0.29, 0.717) is 4.57 Å². The zero-order valence-corrected chi connectivity index (χ0v) is 20.4. The number of alkyl halides is 2. The minimum absolute atomic E-state index is 0.0775. The van der Waals surface area contributed by atoms with E-state index in [4.69, 9.17) is 18.5 Å². The number of hydrogen-bond donors (Lipinski definition) is 3. The van der Waals surface area contributed by atoms with Crippen molar-refractivity contribution in [2.75, 3.05) is 6.61 Å². The van der Waals surface area contributed by atoms with Crippen LogP contribution in [-0.4, -0.2) is 57.5 Å². The number of carbonyl (C=O) groups excluding carboxylic acids is 1. The smallest absolute Gasteiger partial charge is 0.459 e. The van der Waals surface area contributed by atoms with E-state index in [2.05, 4.69) is 5.09 Å². The lowest BCUT2D eigenvalue weighted by molar-refractivity contribution is -0.149. The Morgan fingerprint density at radius 2 is 1.92 bits per heavy atom. The third kappa shape index (κ3) is 6.45. The first-order chi connectivity index (χ1) is 16.8. The SMILES string of the molecule is CC(C)OC(=O)[C@H](C)N[P@](=O)(OC[C@H]1O[C@@H](n2ccc(=O)[nH]c2=O)C(F)(F)[C@@H]1O)Oc1ccccc1. The Morgan fingerprint density at radius 1 is 1.25 bits per heavy atom. The molecule has 1 aliphatic rings. The fourth-order valence-electron chi connectivity index (χ4n) is 3.22. The summed E-state index contributed by atoms with van der Waals surface area (Å²) in [5.74, 6) is -4.68. The molecule has 3 N–H and O–H groups in total. The van der Waals surface area contributed by atoms with Gasteiger partial charge in [0, 0.05) is 12.3 Å². The predicted molar refractivity (Wildman–Crippen MR) is 121 cm³/mol. The molecule has 3 rings (SSSR count). The van der Waals surface area contributed by atoms with Gasteiger partial charge in [0.2, 0.25) is 6.23 Å².